The molecule has 3 unspecified atom stereocenters. The molecule has 0 aromatic carbocycles. The van der Waals surface area contributed by atoms with Crippen LogP contribution in [0.1, 0.15) is 19.4 Å². The standard InChI is InChI=1S/C12H17N5O3/c1-8-5-16(7-13-12(8)19)11-4-9(10(6-18)20-11)17-3-2-14-15-17/h2-3,5,9-11,18H,4,6-7H2,1H3,(H,13,19). The minimum atomic E-state index is -0.326. The molecule has 1 aromatic rings. The van der Waals surface area contributed by atoms with E-state index in [1.54, 1.807) is 30.2 Å². The van der Waals surface area contributed by atoms with Gasteiger partial charge in [0, 0.05) is 24.4 Å². The Bertz CT molecular complexity index is 515. The first-order chi connectivity index (χ1) is 9.69. The fourth-order valence-electron chi connectivity index (χ4n) is 2.60. The second kappa shape index (κ2) is 5.22. The summed E-state index contributed by atoms with van der Waals surface area (Å²) in [6, 6.07) is -0.0566. The first kappa shape index (κ1) is 13.1. The summed E-state index contributed by atoms with van der Waals surface area (Å²) in [4.78, 5) is 13.3. The third-order valence-electron chi connectivity index (χ3n) is 3.67. The molecule has 2 aliphatic rings. The fourth-order valence-corrected chi connectivity index (χ4v) is 2.60. The summed E-state index contributed by atoms with van der Waals surface area (Å²) in [5, 5.41) is 20.0. The summed E-state index contributed by atoms with van der Waals surface area (Å²) in [7, 11) is 0. The molecular weight excluding hydrogens is 262 g/mol. The molecule has 108 valence electrons. The average Bonchev–Trinajstić information content (AvgIpc) is 3.09. The van der Waals surface area contributed by atoms with Crippen LogP contribution in [-0.4, -0.2) is 56.5 Å². The fraction of sp³-hybridized carbons (Fsp3) is 0.583. The summed E-state index contributed by atoms with van der Waals surface area (Å²) in [6.07, 6.45) is 5.31. The zero-order chi connectivity index (χ0) is 14.1. The number of nitrogens with zero attached hydrogens (tertiary/aromatic N) is 4. The van der Waals surface area contributed by atoms with Crippen LogP contribution < -0.4 is 5.32 Å². The maximum absolute atomic E-state index is 11.4. The second-order valence-corrected chi connectivity index (χ2v) is 4.99. The van der Waals surface area contributed by atoms with E-state index in [9.17, 15) is 9.90 Å². The summed E-state index contributed by atoms with van der Waals surface area (Å²) >= 11 is 0. The molecule has 0 aliphatic carbocycles. The van der Waals surface area contributed by atoms with Gasteiger partial charge in [0.1, 0.15) is 12.3 Å². The summed E-state index contributed by atoms with van der Waals surface area (Å²) < 4.78 is 7.57. The number of aliphatic hydroxyl groups excluding tert-OH is 1. The minimum Gasteiger partial charge on any atom is -0.394 e. The monoisotopic (exact) mass is 279 g/mol. The van der Waals surface area contributed by atoms with Crippen LogP contribution in [0.3, 0.4) is 0 Å². The second-order valence-electron chi connectivity index (χ2n) is 4.99. The van der Waals surface area contributed by atoms with Crippen molar-refractivity contribution in [3.63, 3.8) is 0 Å². The van der Waals surface area contributed by atoms with Gasteiger partial charge in [-0.1, -0.05) is 5.21 Å². The van der Waals surface area contributed by atoms with Gasteiger partial charge in [0.05, 0.1) is 25.5 Å². The molecule has 1 aromatic heterocycles. The van der Waals surface area contributed by atoms with Gasteiger partial charge in [0.25, 0.3) is 0 Å². The Morgan fingerprint density at radius 1 is 1.60 bits per heavy atom. The van der Waals surface area contributed by atoms with Crippen LogP contribution in [0.4, 0.5) is 0 Å². The molecule has 3 atom stereocenters. The van der Waals surface area contributed by atoms with Crippen molar-refractivity contribution in [3.8, 4) is 0 Å². The SMILES string of the molecule is CC1=CN(C2CC(n3ccnn3)C(CO)O2)CNC1=O. The Morgan fingerprint density at radius 3 is 3.10 bits per heavy atom. The number of aliphatic hydroxyl groups is 1. The van der Waals surface area contributed by atoms with Crippen LogP contribution in [0, 0.1) is 0 Å². The molecule has 8 heteroatoms. The lowest BCUT2D eigenvalue weighted by atomic mass is 10.1. The highest BCUT2D eigenvalue weighted by Crippen LogP contribution is 2.32. The van der Waals surface area contributed by atoms with Crippen molar-refractivity contribution in [2.24, 2.45) is 0 Å². The summed E-state index contributed by atoms with van der Waals surface area (Å²) in [6.45, 7) is 2.09. The number of rotatable bonds is 3. The van der Waals surface area contributed by atoms with Crippen molar-refractivity contribution in [1.82, 2.24) is 25.2 Å². The lowest BCUT2D eigenvalue weighted by Gasteiger charge is -2.31. The van der Waals surface area contributed by atoms with Crippen molar-refractivity contribution < 1.29 is 14.6 Å². The predicted molar refractivity (Wildman–Crippen MR) is 68.0 cm³/mol. The smallest absolute Gasteiger partial charge is 0.249 e. The lowest BCUT2D eigenvalue weighted by molar-refractivity contribution is -0.120. The molecule has 3 heterocycles. The number of carbonyl (C=O) groups excluding carboxylic acids is 1. The van der Waals surface area contributed by atoms with Crippen LogP contribution in [0.5, 0.6) is 0 Å². The molecule has 3 rings (SSSR count). The van der Waals surface area contributed by atoms with Gasteiger partial charge in [-0.05, 0) is 6.92 Å². The molecule has 0 spiro atoms. The molecule has 1 fully saturated rings. The Balaban J connectivity index is 1.75. The van der Waals surface area contributed by atoms with Crippen LogP contribution in [0.2, 0.25) is 0 Å². The maximum Gasteiger partial charge on any atom is 0.249 e. The molecular formula is C12H17N5O3. The van der Waals surface area contributed by atoms with Gasteiger partial charge in [-0.25, -0.2) is 4.68 Å². The third-order valence-corrected chi connectivity index (χ3v) is 3.67. The molecule has 2 N–H and O–H groups in total. The van der Waals surface area contributed by atoms with Crippen molar-refractivity contribution in [1.29, 1.82) is 0 Å². The van der Waals surface area contributed by atoms with Gasteiger partial charge < -0.3 is 20.1 Å². The zero-order valence-corrected chi connectivity index (χ0v) is 11.1. The van der Waals surface area contributed by atoms with Crippen molar-refractivity contribution in [2.75, 3.05) is 13.3 Å². The number of amides is 1. The molecule has 20 heavy (non-hydrogen) atoms. The highest BCUT2D eigenvalue weighted by molar-refractivity contribution is 5.93. The molecule has 0 saturated carbocycles. The van der Waals surface area contributed by atoms with Crippen LogP contribution >= 0.6 is 0 Å². The predicted octanol–water partition coefficient (Wildman–Crippen LogP) is -0.780. The highest BCUT2D eigenvalue weighted by atomic mass is 16.5. The topological polar surface area (TPSA) is 92.5 Å². The molecule has 8 nitrogen and oxygen atoms in total. The van der Waals surface area contributed by atoms with E-state index < -0.39 is 0 Å². The van der Waals surface area contributed by atoms with E-state index in [1.807, 2.05) is 4.90 Å². The normalized spacial score (nSPS) is 30.3. The van der Waals surface area contributed by atoms with E-state index in [4.69, 9.17) is 4.74 Å². The van der Waals surface area contributed by atoms with E-state index in [0.717, 1.165) is 0 Å². The highest BCUT2D eigenvalue weighted by Gasteiger charge is 2.39. The van der Waals surface area contributed by atoms with Gasteiger partial charge in [-0.3, -0.25) is 4.79 Å². The Hall–Kier alpha value is -1.93. The largest absolute Gasteiger partial charge is 0.394 e. The quantitative estimate of drug-likeness (QED) is 0.754. The van der Waals surface area contributed by atoms with Gasteiger partial charge in [0.2, 0.25) is 5.91 Å². The number of hydrogen-bond donors (Lipinski definition) is 2. The van der Waals surface area contributed by atoms with E-state index >= 15 is 0 Å². The van der Waals surface area contributed by atoms with Crippen molar-refractivity contribution in [3.05, 3.63) is 24.2 Å². The van der Waals surface area contributed by atoms with Gasteiger partial charge in [-0.2, -0.15) is 0 Å². The van der Waals surface area contributed by atoms with E-state index in [1.165, 1.54) is 0 Å². The number of nitrogens with one attached hydrogen (secondary N) is 1. The number of aromatic nitrogens is 3. The Morgan fingerprint density at radius 2 is 2.45 bits per heavy atom. The van der Waals surface area contributed by atoms with Crippen LogP contribution in [-0.2, 0) is 9.53 Å². The average molecular weight is 279 g/mol. The van der Waals surface area contributed by atoms with Crippen molar-refractivity contribution in [2.45, 2.75) is 31.7 Å². The lowest BCUT2D eigenvalue weighted by Crippen LogP contribution is -2.45. The first-order valence-electron chi connectivity index (χ1n) is 6.53. The van der Waals surface area contributed by atoms with Gasteiger partial charge in [0.15, 0.2) is 0 Å². The third kappa shape index (κ3) is 2.27. The molecule has 2 aliphatic heterocycles. The Kier molecular flexibility index (Phi) is 3.41. The number of hydrogen-bond acceptors (Lipinski definition) is 6. The first-order valence-corrected chi connectivity index (χ1v) is 6.53. The van der Waals surface area contributed by atoms with E-state index in [2.05, 4.69) is 15.6 Å². The maximum atomic E-state index is 11.4. The van der Waals surface area contributed by atoms with E-state index in [0.29, 0.717) is 18.7 Å². The molecule has 0 bridgehead atoms. The van der Waals surface area contributed by atoms with Gasteiger partial charge >= 0.3 is 0 Å². The molecule has 1 saturated heterocycles. The summed E-state index contributed by atoms with van der Waals surface area (Å²) in [5.74, 6) is -0.0641. The molecule has 0 radical (unpaired) electrons. The summed E-state index contributed by atoms with van der Waals surface area (Å²) in [5.41, 5.74) is 0.643. The minimum absolute atomic E-state index is 0.0566. The Labute approximate surface area is 116 Å². The molecule has 1 amide bonds. The zero-order valence-electron chi connectivity index (χ0n) is 11.1. The van der Waals surface area contributed by atoms with E-state index in [-0.39, 0.29) is 30.9 Å². The van der Waals surface area contributed by atoms with Crippen LogP contribution in [0.15, 0.2) is 24.2 Å². The number of ether oxygens (including phenoxy) is 1. The van der Waals surface area contributed by atoms with Crippen molar-refractivity contribution >= 4 is 5.91 Å². The number of carbonyl (C=O) groups is 1. The van der Waals surface area contributed by atoms with Gasteiger partial charge in [-0.15, -0.1) is 5.10 Å². The van der Waals surface area contributed by atoms with Crippen LogP contribution in [0.25, 0.3) is 0 Å².